The SMILES string of the molecule is O=C(O)C=Cc1ccc(NC(=O)c2cccc(Cl)n2)cc1. The van der Waals surface area contributed by atoms with E-state index in [0.29, 0.717) is 5.69 Å². The summed E-state index contributed by atoms with van der Waals surface area (Å²) in [5.74, 6) is -1.38. The summed E-state index contributed by atoms with van der Waals surface area (Å²) in [6.45, 7) is 0. The fraction of sp³-hybridized carbons (Fsp3) is 0. The van der Waals surface area contributed by atoms with E-state index in [1.807, 2.05) is 0 Å². The molecule has 0 spiro atoms. The molecule has 0 fully saturated rings. The molecule has 0 aliphatic carbocycles. The second-order valence-electron chi connectivity index (χ2n) is 4.09. The fourth-order valence-corrected chi connectivity index (χ4v) is 1.74. The molecule has 2 aromatic rings. The van der Waals surface area contributed by atoms with Gasteiger partial charge in [-0.25, -0.2) is 9.78 Å². The predicted octanol–water partition coefficient (Wildman–Crippen LogP) is 3.09. The normalized spacial score (nSPS) is 10.5. The number of hydrogen-bond donors (Lipinski definition) is 2. The predicted molar refractivity (Wildman–Crippen MR) is 80.3 cm³/mol. The van der Waals surface area contributed by atoms with E-state index in [0.717, 1.165) is 11.6 Å². The van der Waals surface area contributed by atoms with Crippen LogP contribution in [0.15, 0.2) is 48.5 Å². The van der Waals surface area contributed by atoms with Crippen molar-refractivity contribution in [2.24, 2.45) is 0 Å². The van der Waals surface area contributed by atoms with Crippen LogP contribution in [-0.4, -0.2) is 22.0 Å². The highest BCUT2D eigenvalue weighted by Crippen LogP contribution is 2.13. The van der Waals surface area contributed by atoms with Crippen LogP contribution in [0.5, 0.6) is 0 Å². The van der Waals surface area contributed by atoms with Crippen molar-refractivity contribution >= 4 is 35.2 Å². The Hall–Kier alpha value is -2.66. The van der Waals surface area contributed by atoms with Gasteiger partial charge < -0.3 is 10.4 Å². The summed E-state index contributed by atoms with van der Waals surface area (Å²) >= 11 is 5.73. The lowest BCUT2D eigenvalue weighted by molar-refractivity contribution is -0.131. The molecule has 21 heavy (non-hydrogen) atoms. The third-order valence-corrected chi connectivity index (χ3v) is 2.75. The zero-order chi connectivity index (χ0) is 15.2. The molecule has 0 unspecified atom stereocenters. The zero-order valence-electron chi connectivity index (χ0n) is 10.8. The molecule has 0 aliphatic heterocycles. The summed E-state index contributed by atoms with van der Waals surface area (Å²) in [6.07, 6.45) is 2.51. The third kappa shape index (κ3) is 4.43. The van der Waals surface area contributed by atoms with Gasteiger partial charge in [0.05, 0.1) is 0 Å². The average Bonchev–Trinajstić information content (AvgIpc) is 2.46. The molecule has 106 valence electrons. The van der Waals surface area contributed by atoms with E-state index >= 15 is 0 Å². The van der Waals surface area contributed by atoms with Crippen molar-refractivity contribution in [2.75, 3.05) is 5.32 Å². The second kappa shape index (κ2) is 6.67. The molecule has 0 radical (unpaired) electrons. The van der Waals surface area contributed by atoms with Crippen LogP contribution in [-0.2, 0) is 4.79 Å². The second-order valence-corrected chi connectivity index (χ2v) is 4.48. The summed E-state index contributed by atoms with van der Waals surface area (Å²) < 4.78 is 0. The number of carboxylic acids is 1. The summed E-state index contributed by atoms with van der Waals surface area (Å²) in [4.78, 5) is 26.3. The molecule has 2 N–H and O–H groups in total. The van der Waals surface area contributed by atoms with E-state index < -0.39 is 5.97 Å². The molecule has 1 heterocycles. The molecule has 0 atom stereocenters. The van der Waals surface area contributed by atoms with Crippen LogP contribution in [0.3, 0.4) is 0 Å². The van der Waals surface area contributed by atoms with E-state index in [1.54, 1.807) is 42.5 Å². The number of carbonyl (C=O) groups is 2. The summed E-state index contributed by atoms with van der Waals surface area (Å²) in [5, 5.41) is 11.5. The first-order chi connectivity index (χ1) is 10.0. The quantitative estimate of drug-likeness (QED) is 0.672. The highest BCUT2D eigenvalue weighted by molar-refractivity contribution is 6.29. The van der Waals surface area contributed by atoms with Gasteiger partial charge in [-0.3, -0.25) is 4.79 Å². The molecule has 0 saturated carbocycles. The van der Waals surface area contributed by atoms with Gasteiger partial charge >= 0.3 is 5.97 Å². The zero-order valence-corrected chi connectivity index (χ0v) is 11.5. The number of halogens is 1. The molecule has 1 aromatic carbocycles. The van der Waals surface area contributed by atoms with Gasteiger partial charge in [0.25, 0.3) is 5.91 Å². The lowest BCUT2D eigenvalue weighted by atomic mass is 10.2. The minimum Gasteiger partial charge on any atom is -0.478 e. The number of anilines is 1. The Morgan fingerprint density at radius 2 is 1.86 bits per heavy atom. The van der Waals surface area contributed by atoms with Crippen LogP contribution in [0.4, 0.5) is 5.69 Å². The number of aliphatic carboxylic acids is 1. The molecule has 2 rings (SSSR count). The lowest BCUT2D eigenvalue weighted by Crippen LogP contribution is -2.13. The van der Waals surface area contributed by atoms with Crippen LogP contribution < -0.4 is 5.32 Å². The number of benzene rings is 1. The summed E-state index contributed by atoms with van der Waals surface area (Å²) in [6, 6.07) is 11.5. The maximum Gasteiger partial charge on any atom is 0.328 e. The van der Waals surface area contributed by atoms with E-state index in [-0.39, 0.29) is 16.8 Å². The number of nitrogens with one attached hydrogen (secondary N) is 1. The van der Waals surface area contributed by atoms with E-state index in [1.165, 1.54) is 6.08 Å². The summed E-state index contributed by atoms with van der Waals surface area (Å²) in [5.41, 5.74) is 1.52. The molecule has 0 saturated heterocycles. The number of nitrogens with zero attached hydrogens (tertiary/aromatic N) is 1. The van der Waals surface area contributed by atoms with Crippen molar-refractivity contribution in [1.82, 2.24) is 4.98 Å². The van der Waals surface area contributed by atoms with Crippen molar-refractivity contribution in [3.8, 4) is 0 Å². The van der Waals surface area contributed by atoms with Gasteiger partial charge in [0, 0.05) is 11.8 Å². The van der Waals surface area contributed by atoms with Gasteiger partial charge in [-0.15, -0.1) is 0 Å². The van der Waals surface area contributed by atoms with Gasteiger partial charge in [0.2, 0.25) is 0 Å². The van der Waals surface area contributed by atoms with Crippen molar-refractivity contribution in [3.05, 3.63) is 65.0 Å². The molecular formula is C15H11ClN2O3. The highest BCUT2D eigenvalue weighted by atomic mass is 35.5. The molecular weight excluding hydrogens is 292 g/mol. The van der Waals surface area contributed by atoms with Crippen LogP contribution in [0.2, 0.25) is 5.15 Å². The monoisotopic (exact) mass is 302 g/mol. The number of carbonyl (C=O) groups excluding carboxylic acids is 1. The van der Waals surface area contributed by atoms with Gasteiger partial charge in [-0.2, -0.15) is 0 Å². The Morgan fingerprint density at radius 1 is 1.14 bits per heavy atom. The molecule has 1 aromatic heterocycles. The number of carboxylic acid groups (broad SMARTS) is 1. The molecule has 0 bridgehead atoms. The standard InChI is InChI=1S/C15H11ClN2O3/c16-13-3-1-2-12(18-13)15(21)17-11-7-4-10(5-8-11)6-9-14(19)20/h1-9H,(H,17,21)(H,19,20). The average molecular weight is 303 g/mol. The van der Waals surface area contributed by atoms with Gasteiger partial charge in [-0.1, -0.05) is 29.8 Å². The van der Waals surface area contributed by atoms with Crippen molar-refractivity contribution in [3.63, 3.8) is 0 Å². The minimum absolute atomic E-state index is 0.220. The number of rotatable bonds is 4. The topological polar surface area (TPSA) is 79.3 Å². The van der Waals surface area contributed by atoms with Crippen LogP contribution >= 0.6 is 11.6 Å². The number of pyridine rings is 1. The van der Waals surface area contributed by atoms with Crippen molar-refractivity contribution in [2.45, 2.75) is 0 Å². The van der Waals surface area contributed by atoms with Gasteiger partial charge in [0.15, 0.2) is 0 Å². The first kappa shape index (κ1) is 14.7. The Balaban J connectivity index is 2.06. The van der Waals surface area contributed by atoms with E-state index in [9.17, 15) is 9.59 Å². The Kier molecular flexibility index (Phi) is 4.68. The molecule has 1 amide bonds. The molecule has 0 aliphatic rings. The van der Waals surface area contributed by atoms with Gasteiger partial charge in [0.1, 0.15) is 10.8 Å². The smallest absolute Gasteiger partial charge is 0.328 e. The first-order valence-electron chi connectivity index (χ1n) is 5.99. The summed E-state index contributed by atoms with van der Waals surface area (Å²) in [7, 11) is 0. The number of hydrogen-bond acceptors (Lipinski definition) is 3. The van der Waals surface area contributed by atoms with Crippen molar-refractivity contribution < 1.29 is 14.7 Å². The Bertz CT molecular complexity index is 696. The Morgan fingerprint density at radius 3 is 2.48 bits per heavy atom. The Labute approximate surface area is 125 Å². The van der Waals surface area contributed by atoms with Gasteiger partial charge in [-0.05, 0) is 35.9 Å². The molecule has 6 heteroatoms. The molecule has 5 nitrogen and oxygen atoms in total. The lowest BCUT2D eigenvalue weighted by Gasteiger charge is -2.05. The maximum atomic E-state index is 11.9. The first-order valence-corrected chi connectivity index (χ1v) is 6.37. The largest absolute Gasteiger partial charge is 0.478 e. The fourth-order valence-electron chi connectivity index (χ4n) is 1.57. The minimum atomic E-state index is -1.01. The highest BCUT2D eigenvalue weighted by Gasteiger charge is 2.07. The van der Waals surface area contributed by atoms with E-state index in [4.69, 9.17) is 16.7 Å². The van der Waals surface area contributed by atoms with Crippen LogP contribution in [0, 0.1) is 0 Å². The maximum absolute atomic E-state index is 11.9. The number of amides is 1. The van der Waals surface area contributed by atoms with Crippen molar-refractivity contribution in [1.29, 1.82) is 0 Å². The number of aromatic nitrogens is 1. The van der Waals surface area contributed by atoms with Crippen LogP contribution in [0.1, 0.15) is 16.1 Å². The van der Waals surface area contributed by atoms with Crippen LogP contribution in [0.25, 0.3) is 6.08 Å². The third-order valence-electron chi connectivity index (χ3n) is 2.53. The van der Waals surface area contributed by atoms with E-state index in [2.05, 4.69) is 10.3 Å².